The van der Waals surface area contributed by atoms with Crippen LogP contribution in [0, 0.1) is 10.1 Å². The topological polar surface area (TPSA) is 96.3 Å². The van der Waals surface area contributed by atoms with E-state index in [1.165, 1.54) is 30.3 Å². The Morgan fingerprint density at radius 2 is 1.80 bits per heavy atom. The molecule has 130 valence electrons. The van der Waals surface area contributed by atoms with Gasteiger partial charge in [0.25, 0.3) is 5.69 Å². The molecule has 0 spiro atoms. The van der Waals surface area contributed by atoms with Crippen molar-refractivity contribution in [3.63, 3.8) is 0 Å². The van der Waals surface area contributed by atoms with Crippen molar-refractivity contribution in [1.29, 1.82) is 0 Å². The predicted octanol–water partition coefficient (Wildman–Crippen LogP) is 3.83. The van der Waals surface area contributed by atoms with Crippen molar-refractivity contribution in [2.24, 2.45) is 0 Å². The second kappa shape index (κ2) is 8.61. The quantitative estimate of drug-likeness (QED) is 0.402. The third-order valence-corrected chi connectivity index (χ3v) is 3.76. The van der Waals surface area contributed by atoms with E-state index in [1.54, 1.807) is 12.1 Å². The minimum Gasteiger partial charge on any atom is -0.353 e. The van der Waals surface area contributed by atoms with Crippen LogP contribution in [0.1, 0.15) is 0 Å². The summed E-state index contributed by atoms with van der Waals surface area (Å²) in [5.74, 6) is -0.364. The van der Waals surface area contributed by atoms with E-state index in [-0.39, 0.29) is 23.3 Å². The summed E-state index contributed by atoms with van der Waals surface area (Å²) in [5, 5.41) is 19.7. The number of hydrogen-bond acceptors (Lipinski definition) is 4. The number of hydrogen-bond donors (Lipinski definition) is 3. The molecule has 2 rings (SSSR count). The van der Waals surface area contributed by atoms with Gasteiger partial charge in [0, 0.05) is 22.8 Å². The monoisotopic (exact) mass is 398 g/mol. The molecular weight excluding hydrogens is 387 g/mol. The summed E-state index contributed by atoms with van der Waals surface area (Å²) in [6, 6.07) is 10.4. The number of thiocarbonyl (C=S) groups is 1. The lowest BCUT2D eigenvalue weighted by molar-refractivity contribution is -0.384. The lowest BCUT2D eigenvalue weighted by atomic mass is 10.3. The number of halogens is 2. The minimum absolute atomic E-state index is 0.0257. The maximum atomic E-state index is 11.9. The SMILES string of the molecule is O=C(CNC(=S)Nc1ccc([N+](=O)[O-])cc1)Nc1cc(Cl)ccc1Cl. The zero-order valence-electron chi connectivity index (χ0n) is 12.6. The van der Waals surface area contributed by atoms with Crippen LogP contribution in [-0.2, 0) is 4.79 Å². The Morgan fingerprint density at radius 3 is 2.44 bits per heavy atom. The second-order valence-corrected chi connectivity index (χ2v) is 6.04. The lowest BCUT2D eigenvalue weighted by Gasteiger charge is -2.11. The molecule has 1 amide bonds. The van der Waals surface area contributed by atoms with E-state index < -0.39 is 4.92 Å². The summed E-state index contributed by atoms with van der Waals surface area (Å²) in [6.45, 7) is -0.0956. The average molecular weight is 399 g/mol. The van der Waals surface area contributed by atoms with Crippen molar-refractivity contribution < 1.29 is 9.72 Å². The number of carbonyl (C=O) groups is 1. The highest BCUT2D eigenvalue weighted by atomic mass is 35.5. The van der Waals surface area contributed by atoms with Crippen LogP contribution in [0.3, 0.4) is 0 Å². The molecular formula is C15H12Cl2N4O3S. The fourth-order valence-corrected chi connectivity index (χ4v) is 2.32. The van der Waals surface area contributed by atoms with Gasteiger partial charge in [-0.25, -0.2) is 0 Å². The molecule has 2 aromatic rings. The smallest absolute Gasteiger partial charge is 0.269 e. The molecule has 0 heterocycles. The van der Waals surface area contributed by atoms with Gasteiger partial charge in [0.05, 0.1) is 22.2 Å². The fourth-order valence-electron chi connectivity index (χ4n) is 1.79. The van der Waals surface area contributed by atoms with Crippen LogP contribution in [-0.4, -0.2) is 22.5 Å². The Kier molecular flexibility index (Phi) is 6.51. The number of benzene rings is 2. The summed E-state index contributed by atoms with van der Waals surface area (Å²) in [4.78, 5) is 22.0. The van der Waals surface area contributed by atoms with Gasteiger partial charge in [-0.15, -0.1) is 0 Å². The number of rotatable bonds is 5. The number of non-ortho nitro benzene ring substituents is 1. The normalized spacial score (nSPS) is 10.0. The van der Waals surface area contributed by atoms with Gasteiger partial charge in [-0.05, 0) is 42.5 Å². The van der Waals surface area contributed by atoms with Crippen LogP contribution in [0.4, 0.5) is 17.1 Å². The molecule has 0 unspecified atom stereocenters. The summed E-state index contributed by atoms with van der Waals surface area (Å²) < 4.78 is 0. The predicted molar refractivity (Wildman–Crippen MR) is 102 cm³/mol. The molecule has 0 fully saturated rings. The van der Waals surface area contributed by atoms with Crippen LogP contribution >= 0.6 is 35.4 Å². The van der Waals surface area contributed by atoms with Gasteiger partial charge in [0.15, 0.2) is 5.11 Å². The Bertz CT molecular complexity index is 815. The highest BCUT2D eigenvalue weighted by Gasteiger charge is 2.08. The van der Waals surface area contributed by atoms with Gasteiger partial charge < -0.3 is 16.0 Å². The lowest BCUT2D eigenvalue weighted by Crippen LogP contribution is -2.35. The number of nitrogens with one attached hydrogen (secondary N) is 3. The third kappa shape index (κ3) is 5.86. The van der Waals surface area contributed by atoms with E-state index in [0.29, 0.717) is 21.4 Å². The van der Waals surface area contributed by atoms with E-state index in [1.807, 2.05) is 0 Å². The van der Waals surface area contributed by atoms with Gasteiger partial charge >= 0.3 is 0 Å². The van der Waals surface area contributed by atoms with Crippen LogP contribution < -0.4 is 16.0 Å². The Hall–Kier alpha value is -2.42. The number of anilines is 2. The molecule has 10 heteroatoms. The number of amides is 1. The molecule has 25 heavy (non-hydrogen) atoms. The van der Waals surface area contributed by atoms with Crippen molar-refractivity contribution in [3.8, 4) is 0 Å². The molecule has 2 aromatic carbocycles. The molecule has 0 bridgehead atoms. The molecule has 0 aromatic heterocycles. The largest absolute Gasteiger partial charge is 0.353 e. The first-order chi connectivity index (χ1) is 11.8. The first-order valence-electron chi connectivity index (χ1n) is 6.89. The number of nitrogens with zero attached hydrogens (tertiary/aromatic N) is 1. The van der Waals surface area contributed by atoms with E-state index in [9.17, 15) is 14.9 Å². The van der Waals surface area contributed by atoms with E-state index >= 15 is 0 Å². The third-order valence-electron chi connectivity index (χ3n) is 2.95. The summed E-state index contributed by atoms with van der Waals surface area (Å²) in [7, 11) is 0. The van der Waals surface area contributed by atoms with Crippen LogP contribution in [0.25, 0.3) is 0 Å². The molecule has 0 aliphatic rings. The van der Waals surface area contributed by atoms with E-state index in [4.69, 9.17) is 35.4 Å². The fraction of sp³-hybridized carbons (Fsp3) is 0.0667. The Morgan fingerprint density at radius 1 is 1.12 bits per heavy atom. The zero-order valence-corrected chi connectivity index (χ0v) is 14.9. The standard InChI is InChI=1S/C15H12Cl2N4O3S/c16-9-1-6-12(17)13(7-9)20-14(22)8-18-15(25)19-10-2-4-11(5-3-10)21(23)24/h1-7H,8H2,(H,20,22)(H2,18,19,25). The number of nitro groups is 1. The Labute approximate surface area is 158 Å². The first-order valence-corrected chi connectivity index (χ1v) is 8.06. The molecule has 3 N–H and O–H groups in total. The molecule has 0 atom stereocenters. The van der Waals surface area contributed by atoms with Crippen LogP contribution in [0.15, 0.2) is 42.5 Å². The van der Waals surface area contributed by atoms with Crippen molar-refractivity contribution in [3.05, 3.63) is 62.6 Å². The molecule has 0 aliphatic heterocycles. The summed E-state index contributed by atoms with van der Waals surface area (Å²) in [5.41, 5.74) is 0.929. The van der Waals surface area contributed by atoms with Crippen LogP contribution in [0.5, 0.6) is 0 Å². The Balaban J connectivity index is 1.83. The average Bonchev–Trinajstić information content (AvgIpc) is 2.57. The van der Waals surface area contributed by atoms with Gasteiger partial charge in [0.2, 0.25) is 5.91 Å². The molecule has 7 nitrogen and oxygen atoms in total. The van der Waals surface area contributed by atoms with Gasteiger partial charge in [-0.3, -0.25) is 14.9 Å². The maximum absolute atomic E-state index is 11.9. The van der Waals surface area contributed by atoms with Gasteiger partial charge in [-0.1, -0.05) is 23.2 Å². The van der Waals surface area contributed by atoms with Gasteiger partial charge in [0.1, 0.15) is 0 Å². The first kappa shape index (κ1) is 18.9. The second-order valence-electron chi connectivity index (χ2n) is 4.78. The molecule has 0 saturated carbocycles. The zero-order chi connectivity index (χ0) is 18.4. The summed E-state index contributed by atoms with van der Waals surface area (Å²) >= 11 is 16.9. The minimum atomic E-state index is -0.494. The van der Waals surface area contributed by atoms with Crippen molar-refractivity contribution in [1.82, 2.24) is 5.32 Å². The van der Waals surface area contributed by atoms with E-state index in [0.717, 1.165) is 0 Å². The summed E-state index contributed by atoms with van der Waals surface area (Å²) in [6.07, 6.45) is 0. The van der Waals surface area contributed by atoms with Crippen molar-refractivity contribution in [2.45, 2.75) is 0 Å². The maximum Gasteiger partial charge on any atom is 0.269 e. The number of carbonyl (C=O) groups excluding carboxylic acids is 1. The van der Waals surface area contributed by atoms with Crippen molar-refractivity contribution >= 4 is 63.5 Å². The van der Waals surface area contributed by atoms with Crippen molar-refractivity contribution in [2.75, 3.05) is 17.2 Å². The number of nitro benzene ring substituents is 1. The van der Waals surface area contributed by atoms with Crippen LogP contribution in [0.2, 0.25) is 10.0 Å². The van der Waals surface area contributed by atoms with E-state index in [2.05, 4.69) is 16.0 Å². The molecule has 0 saturated heterocycles. The highest BCUT2D eigenvalue weighted by molar-refractivity contribution is 7.80. The highest BCUT2D eigenvalue weighted by Crippen LogP contribution is 2.25. The molecule has 0 aliphatic carbocycles. The van der Waals surface area contributed by atoms with Gasteiger partial charge in [-0.2, -0.15) is 0 Å². The molecule has 0 radical (unpaired) electrons.